The van der Waals surface area contributed by atoms with Crippen LogP contribution in [0.2, 0.25) is 5.02 Å². The molecule has 0 saturated heterocycles. The van der Waals surface area contributed by atoms with Gasteiger partial charge >= 0.3 is 5.97 Å². The van der Waals surface area contributed by atoms with E-state index in [1.165, 1.54) is 12.1 Å². The first kappa shape index (κ1) is 14.8. The number of carbonyl (C=O) groups is 1. The third-order valence-corrected chi connectivity index (χ3v) is 3.12. The molecule has 2 aromatic rings. The summed E-state index contributed by atoms with van der Waals surface area (Å²) < 4.78 is 5.39. The van der Waals surface area contributed by atoms with E-state index in [2.05, 4.69) is 0 Å². The number of nitro groups is 1. The predicted molar refractivity (Wildman–Crippen MR) is 75.8 cm³/mol. The molecule has 7 heteroatoms. The summed E-state index contributed by atoms with van der Waals surface area (Å²) in [5.41, 5.74) is -0.337. The molecule has 0 fully saturated rings. The van der Waals surface area contributed by atoms with Crippen molar-refractivity contribution in [1.29, 1.82) is 0 Å². The summed E-state index contributed by atoms with van der Waals surface area (Å²) in [5, 5.41) is 20.5. The summed E-state index contributed by atoms with van der Waals surface area (Å²) in [6.45, 7) is 0.0150. The Bertz CT molecular complexity index is 702. The Balaban J connectivity index is 2.32. The summed E-state index contributed by atoms with van der Waals surface area (Å²) >= 11 is 5.97. The first-order valence-electron chi connectivity index (χ1n) is 5.87. The molecular formula is C14H10ClNO5. The Labute approximate surface area is 124 Å². The Morgan fingerprint density at radius 3 is 2.57 bits per heavy atom. The highest BCUT2D eigenvalue weighted by Crippen LogP contribution is 2.29. The van der Waals surface area contributed by atoms with E-state index in [1.54, 1.807) is 24.3 Å². The minimum Gasteiger partial charge on any atom is -0.488 e. The standard InChI is InChI=1S/C14H10ClNO5/c15-10-5-2-1-4-9(10)8-21-12-7-3-6-11(16(19)20)13(12)14(17)18/h1-7H,8H2,(H,17,18). The van der Waals surface area contributed by atoms with E-state index in [-0.39, 0.29) is 12.4 Å². The van der Waals surface area contributed by atoms with Gasteiger partial charge in [0, 0.05) is 16.7 Å². The van der Waals surface area contributed by atoms with E-state index in [1.807, 2.05) is 0 Å². The van der Waals surface area contributed by atoms with Crippen molar-refractivity contribution in [3.63, 3.8) is 0 Å². The van der Waals surface area contributed by atoms with Gasteiger partial charge in [0.05, 0.1) is 4.92 Å². The number of benzene rings is 2. The van der Waals surface area contributed by atoms with Crippen LogP contribution < -0.4 is 4.74 Å². The number of carboxylic acid groups (broad SMARTS) is 1. The van der Waals surface area contributed by atoms with Crippen LogP contribution in [-0.2, 0) is 6.61 Å². The molecule has 2 aromatic carbocycles. The number of hydrogen-bond donors (Lipinski definition) is 1. The average Bonchev–Trinajstić information content (AvgIpc) is 2.45. The fourth-order valence-corrected chi connectivity index (χ4v) is 1.97. The number of rotatable bonds is 5. The number of hydrogen-bond acceptors (Lipinski definition) is 4. The van der Waals surface area contributed by atoms with Gasteiger partial charge in [-0.3, -0.25) is 10.1 Å². The lowest BCUT2D eigenvalue weighted by molar-refractivity contribution is -0.385. The summed E-state index contributed by atoms with van der Waals surface area (Å²) in [4.78, 5) is 21.3. The predicted octanol–water partition coefficient (Wildman–Crippen LogP) is 3.53. The lowest BCUT2D eigenvalue weighted by Gasteiger charge is -2.10. The van der Waals surface area contributed by atoms with Gasteiger partial charge in [0.2, 0.25) is 0 Å². The van der Waals surface area contributed by atoms with E-state index in [0.29, 0.717) is 10.6 Å². The Morgan fingerprint density at radius 1 is 1.24 bits per heavy atom. The highest BCUT2D eigenvalue weighted by atomic mass is 35.5. The zero-order valence-electron chi connectivity index (χ0n) is 10.7. The molecule has 0 atom stereocenters. The zero-order valence-corrected chi connectivity index (χ0v) is 11.4. The lowest BCUT2D eigenvalue weighted by Crippen LogP contribution is -2.07. The van der Waals surface area contributed by atoms with E-state index in [9.17, 15) is 14.9 Å². The molecular weight excluding hydrogens is 298 g/mol. The van der Waals surface area contributed by atoms with Crippen LogP contribution in [0.4, 0.5) is 5.69 Å². The SMILES string of the molecule is O=C(O)c1c(OCc2ccccc2Cl)cccc1[N+](=O)[O-]. The molecule has 0 spiro atoms. The molecule has 0 aliphatic heterocycles. The monoisotopic (exact) mass is 307 g/mol. The van der Waals surface area contributed by atoms with Crippen LogP contribution in [0.1, 0.15) is 15.9 Å². The number of carboxylic acids is 1. The largest absolute Gasteiger partial charge is 0.488 e. The Morgan fingerprint density at radius 2 is 1.95 bits per heavy atom. The van der Waals surface area contributed by atoms with Crippen molar-refractivity contribution in [3.8, 4) is 5.75 Å². The number of halogens is 1. The molecule has 6 nitrogen and oxygen atoms in total. The molecule has 0 unspecified atom stereocenters. The van der Waals surface area contributed by atoms with Gasteiger partial charge in [-0.05, 0) is 12.1 Å². The normalized spacial score (nSPS) is 10.1. The minimum atomic E-state index is -1.42. The van der Waals surface area contributed by atoms with Crippen molar-refractivity contribution >= 4 is 23.3 Å². The molecule has 108 valence electrons. The smallest absolute Gasteiger partial charge is 0.346 e. The maximum absolute atomic E-state index is 11.2. The highest BCUT2D eigenvalue weighted by molar-refractivity contribution is 6.31. The van der Waals surface area contributed by atoms with Crippen LogP contribution in [0.15, 0.2) is 42.5 Å². The van der Waals surface area contributed by atoms with Gasteiger partial charge in [0.15, 0.2) is 5.56 Å². The van der Waals surface area contributed by atoms with Crippen molar-refractivity contribution in [2.45, 2.75) is 6.61 Å². The molecule has 0 aromatic heterocycles. The van der Waals surface area contributed by atoms with Crippen LogP contribution in [0, 0.1) is 10.1 Å². The van der Waals surface area contributed by atoms with Crippen molar-refractivity contribution in [3.05, 3.63) is 68.7 Å². The van der Waals surface area contributed by atoms with E-state index in [0.717, 1.165) is 6.07 Å². The third-order valence-electron chi connectivity index (χ3n) is 2.76. The molecule has 0 amide bonds. The van der Waals surface area contributed by atoms with Crippen LogP contribution in [0.3, 0.4) is 0 Å². The van der Waals surface area contributed by atoms with Gasteiger partial charge in [-0.1, -0.05) is 35.9 Å². The molecule has 21 heavy (non-hydrogen) atoms. The minimum absolute atomic E-state index is 0.0150. The van der Waals surface area contributed by atoms with Gasteiger partial charge < -0.3 is 9.84 Å². The number of nitro benzene ring substituents is 1. The van der Waals surface area contributed by atoms with Crippen molar-refractivity contribution in [1.82, 2.24) is 0 Å². The van der Waals surface area contributed by atoms with Gasteiger partial charge in [-0.25, -0.2) is 4.79 Å². The van der Waals surface area contributed by atoms with E-state index in [4.69, 9.17) is 21.4 Å². The van der Waals surface area contributed by atoms with E-state index >= 15 is 0 Å². The quantitative estimate of drug-likeness (QED) is 0.674. The second-order valence-electron chi connectivity index (χ2n) is 4.09. The Hall–Kier alpha value is -2.60. The average molecular weight is 308 g/mol. The van der Waals surface area contributed by atoms with Crippen LogP contribution in [0.25, 0.3) is 0 Å². The number of ether oxygens (including phenoxy) is 1. The van der Waals surface area contributed by atoms with Crippen LogP contribution >= 0.6 is 11.6 Å². The van der Waals surface area contributed by atoms with Gasteiger partial charge in [0.25, 0.3) is 5.69 Å². The molecule has 0 saturated carbocycles. The van der Waals surface area contributed by atoms with Gasteiger partial charge in [0.1, 0.15) is 12.4 Å². The van der Waals surface area contributed by atoms with Crippen molar-refractivity contribution in [2.75, 3.05) is 0 Å². The topological polar surface area (TPSA) is 89.7 Å². The first-order valence-corrected chi connectivity index (χ1v) is 6.25. The fourth-order valence-electron chi connectivity index (χ4n) is 1.78. The molecule has 0 radical (unpaired) electrons. The second kappa shape index (κ2) is 6.23. The number of nitrogens with zero attached hydrogens (tertiary/aromatic N) is 1. The van der Waals surface area contributed by atoms with Gasteiger partial charge in [-0.15, -0.1) is 0 Å². The van der Waals surface area contributed by atoms with Crippen molar-refractivity contribution < 1.29 is 19.6 Å². The molecule has 0 bridgehead atoms. The fraction of sp³-hybridized carbons (Fsp3) is 0.0714. The maximum Gasteiger partial charge on any atom is 0.346 e. The molecule has 0 aliphatic rings. The van der Waals surface area contributed by atoms with Crippen molar-refractivity contribution in [2.24, 2.45) is 0 Å². The highest BCUT2D eigenvalue weighted by Gasteiger charge is 2.24. The first-order chi connectivity index (χ1) is 10.0. The molecule has 0 heterocycles. The molecule has 0 aliphatic carbocycles. The maximum atomic E-state index is 11.2. The summed E-state index contributed by atoms with van der Waals surface area (Å²) in [6, 6.07) is 10.8. The summed E-state index contributed by atoms with van der Waals surface area (Å²) in [6.07, 6.45) is 0. The third kappa shape index (κ3) is 3.29. The summed E-state index contributed by atoms with van der Waals surface area (Å²) in [7, 11) is 0. The Kier molecular flexibility index (Phi) is 4.39. The zero-order chi connectivity index (χ0) is 15.4. The molecule has 1 N–H and O–H groups in total. The molecule has 2 rings (SSSR count). The van der Waals surface area contributed by atoms with Crippen LogP contribution in [0.5, 0.6) is 5.75 Å². The van der Waals surface area contributed by atoms with E-state index < -0.39 is 22.1 Å². The second-order valence-corrected chi connectivity index (χ2v) is 4.50. The van der Waals surface area contributed by atoms with Crippen LogP contribution in [-0.4, -0.2) is 16.0 Å². The number of aromatic carboxylic acids is 1. The summed E-state index contributed by atoms with van der Waals surface area (Å²) in [5.74, 6) is -1.49. The lowest BCUT2D eigenvalue weighted by atomic mass is 10.1. The van der Waals surface area contributed by atoms with Gasteiger partial charge in [-0.2, -0.15) is 0 Å².